The molecule has 1 aliphatic rings. The fraction of sp³-hybridized carbons (Fsp3) is 0.231. The van der Waals surface area contributed by atoms with E-state index in [1.807, 2.05) is 44.2 Å². The maximum atomic E-state index is 11.6. The first-order valence-corrected chi connectivity index (χ1v) is 5.15. The van der Waals surface area contributed by atoms with Crippen LogP contribution in [0.5, 0.6) is 0 Å². The fourth-order valence-corrected chi connectivity index (χ4v) is 1.93. The molecule has 0 unspecified atom stereocenters. The number of hydrogen-bond donors (Lipinski definition) is 0. The molecule has 0 spiro atoms. The van der Waals surface area contributed by atoms with Gasteiger partial charge in [0.2, 0.25) is 0 Å². The molecule has 3 nitrogen and oxygen atoms in total. The summed E-state index contributed by atoms with van der Waals surface area (Å²) < 4.78 is 0. The topological polar surface area (TPSA) is 37.4 Å². The van der Waals surface area contributed by atoms with E-state index < -0.39 is 5.54 Å². The largest absolute Gasteiger partial charge is 0.269 e. The van der Waals surface area contributed by atoms with E-state index in [2.05, 4.69) is 0 Å². The highest BCUT2D eigenvalue weighted by molar-refractivity contribution is 6.13. The number of hydrogen-bond acceptors (Lipinski definition) is 2. The summed E-state index contributed by atoms with van der Waals surface area (Å²) in [5.74, 6) is -0.502. The van der Waals surface area contributed by atoms with Crippen LogP contribution < -0.4 is 0 Å². The smallest absolute Gasteiger partial charge is 0.254 e. The van der Waals surface area contributed by atoms with Crippen molar-refractivity contribution in [3.63, 3.8) is 0 Å². The second kappa shape index (κ2) is 3.59. The highest BCUT2D eigenvalue weighted by Crippen LogP contribution is 2.30. The van der Waals surface area contributed by atoms with Crippen LogP contribution in [-0.4, -0.2) is 16.7 Å². The van der Waals surface area contributed by atoms with Crippen molar-refractivity contribution in [3.8, 4) is 0 Å². The zero-order valence-corrected chi connectivity index (χ0v) is 9.31. The summed E-state index contributed by atoms with van der Waals surface area (Å²) in [5, 5.41) is 0. The summed E-state index contributed by atoms with van der Waals surface area (Å²) in [6.07, 6.45) is 2.63. The first-order chi connectivity index (χ1) is 7.53. The molecular formula is C13H13NO2. The molecule has 0 saturated heterocycles. The van der Waals surface area contributed by atoms with Crippen LogP contribution in [0.1, 0.15) is 19.4 Å². The number of imide groups is 1. The van der Waals surface area contributed by atoms with E-state index in [0.717, 1.165) is 5.56 Å². The standard InChI is InChI=1S/C13H13NO2/c1-13(2,10-6-4-3-5-7-10)14-11(15)8-9-12(14)16/h3-9H,1-2H3. The van der Waals surface area contributed by atoms with E-state index in [-0.39, 0.29) is 11.8 Å². The number of carbonyl (C=O) groups is 2. The van der Waals surface area contributed by atoms with Crippen LogP contribution in [0.15, 0.2) is 42.5 Å². The molecule has 82 valence electrons. The molecule has 3 heteroatoms. The van der Waals surface area contributed by atoms with Gasteiger partial charge in [0.05, 0.1) is 5.54 Å². The average Bonchev–Trinajstić information content (AvgIpc) is 2.60. The Morgan fingerprint density at radius 3 is 1.94 bits per heavy atom. The van der Waals surface area contributed by atoms with Gasteiger partial charge < -0.3 is 0 Å². The Bertz CT molecular complexity index is 442. The minimum Gasteiger partial charge on any atom is -0.269 e. The predicted molar refractivity (Wildman–Crippen MR) is 60.5 cm³/mol. The third kappa shape index (κ3) is 1.54. The minimum absolute atomic E-state index is 0.251. The van der Waals surface area contributed by atoms with E-state index in [1.165, 1.54) is 17.1 Å². The minimum atomic E-state index is -0.612. The molecule has 1 aromatic rings. The lowest BCUT2D eigenvalue weighted by atomic mass is 9.92. The van der Waals surface area contributed by atoms with Gasteiger partial charge in [0, 0.05) is 12.2 Å². The van der Waals surface area contributed by atoms with Gasteiger partial charge in [-0.1, -0.05) is 30.3 Å². The first-order valence-electron chi connectivity index (χ1n) is 5.15. The molecule has 0 N–H and O–H groups in total. The van der Waals surface area contributed by atoms with Gasteiger partial charge in [-0.25, -0.2) is 0 Å². The lowest BCUT2D eigenvalue weighted by Crippen LogP contribution is -2.45. The molecule has 1 aromatic carbocycles. The molecule has 0 radical (unpaired) electrons. The van der Waals surface area contributed by atoms with E-state index >= 15 is 0 Å². The maximum Gasteiger partial charge on any atom is 0.254 e. The van der Waals surface area contributed by atoms with Crippen molar-refractivity contribution in [2.75, 3.05) is 0 Å². The quantitative estimate of drug-likeness (QED) is 0.706. The van der Waals surface area contributed by atoms with E-state index in [0.29, 0.717) is 0 Å². The van der Waals surface area contributed by atoms with Crippen molar-refractivity contribution in [2.24, 2.45) is 0 Å². The van der Waals surface area contributed by atoms with Crippen LogP contribution in [0.2, 0.25) is 0 Å². The fourth-order valence-electron chi connectivity index (χ4n) is 1.93. The van der Waals surface area contributed by atoms with E-state index in [1.54, 1.807) is 0 Å². The van der Waals surface area contributed by atoms with Gasteiger partial charge in [-0.2, -0.15) is 0 Å². The Kier molecular flexibility index (Phi) is 2.38. The van der Waals surface area contributed by atoms with Crippen LogP contribution in [-0.2, 0) is 15.1 Å². The number of nitrogens with zero attached hydrogens (tertiary/aromatic N) is 1. The van der Waals surface area contributed by atoms with Crippen molar-refractivity contribution >= 4 is 11.8 Å². The molecule has 2 rings (SSSR count). The maximum absolute atomic E-state index is 11.6. The van der Waals surface area contributed by atoms with Crippen LogP contribution in [0.3, 0.4) is 0 Å². The van der Waals surface area contributed by atoms with Crippen molar-refractivity contribution in [3.05, 3.63) is 48.0 Å². The molecule has 0 aromatic heterocycles. The Morgan fingerprint density at radius 2 is 1.44 bits per heavy atom. The second-order valence-corrected chi connectivity index (χ2v) is 4.27. The van der Waals surface area contributed by atoms with Gasteiger partial charge in [0.15, 0.2) is 0 Å². The zero-order valence-electron chi connectivity index (χ0n) is 9.31. The summed E-state index contributed by atoms with van der Waals surface area (Å²) in [5.41, 5.74) is 0.333. The Balaban J connectivity index is 2.40. The van der Waals surface area contributed by atoms with Gasteiger partial charge in [0.25, 0.3) is 11.8 Å². The highest BCUT2D eigenvalue weighted by atomic mass is 16.2. The molecule has 0 aliphatic carbocycles. The number of amides is 2. The number of rotatable bonds is 2. The van der Waals surface area contributed by atoms with Crippen LogP contribution in [0, 0.1) is 0 Å². The second-order valence-electron chi connectivity index (χ2n) is 4.27. The summed E-state index contributed by atoms with van der Waals surface area (Å²) >= 11 is 0. The molecule has 1 heterocycles. The van der Waals surface area contributed by atoms with Gasteiger partial charge in [-0.05, 0) is 19.4 Å². The van der Waals surface area contributed by atoms with Crippen molar-refractivity contribution in [1.29, 1.82) is 0 Å². The molecular weight excluding hydrogens is 202 g/mol. The molecule has 0 fully saturated rings. The molecule has 0 saturated carbocycles. The highest BCUT2D eigenvalue weighted by Gasteiger charge is 2.38. The summed E-state index contributed by atoms with van der Waals surface area (Å²) in [6, 6.07) is 9.54. The third-order valence-corrected chi connectivity index (χ3v) is 2.85. The summed E-state index contributed by atoms with van der Waals surface area (Å²) in [6.45, 7) is 3.73. The normalized spacial score (nSPS) is 16.0. The van der Waals surface area contributed by atoms with Gasteiger partial charge in [-0.3, -0.25) is 14.5 Å². The summed E-state index contributed by atoms with van der Waals surface area (Å²) in [4.78, 5) is 24.5. The first kappa shape index (κ1) is 10.6. The molecule has 1 aliphatic heterocycles. The summed E-state index contributed by atoms with van der Waals surface area (Å²) in [7, 11) is 0. The molecule has 0 atom stereocenters. The molecule has 16 heavy (non-hydrogen) atoms. The van der Waals surface area contributed by atoms with Crippen LogP contribution >= 0.6 is 0 Å². The Hall–Kier alpha value is -1.90. The van der Waals surface area contributed by atoms with Crippen LogP contribution in [0.25, 0.3) is 0 Å². The van der Waals surface area contributed by atoms with Crippen LogP contribution in [0.4, 0.5) is 0 Å². The van der Waals surface area contributed by atoms with Crippen molar-refractivity contribution < 1.29 is 9.59 Å². The van der Waals surface area contributed by atoms with Crippen molar-refractivity contribution in [1.82, 2.24) is 4.90 Å². The Morgan fingerprint density at radius 1 is 0.938 bits per heavy atom. The molecule has 2 amide bonds. The third-order valence-electron chi connectivity index (χ3n) is 2.85. The average molecular weight is 215 g/mol. The number of carbonyl (C=O) groups excluding carboxylic acids is 2. The lowest BCUT2D eigenvalue weighted by molar-refractivity contribution is -0.143. The van der Waals surface area contributed by atoms with Gasteiger partial charge >= 0.3 is 0 Å². The van der Waals surface area contributed by atoms with E-state index in [9.17, 15) is 9.59 Å². The van der Waals surface area contributed by atoms with Gasteiger partial charge in [-0.15, -0.1) is 0 Å². The zero-order chi connectivity index (χ0) is 11.8. The predicted octanol–water partition coefficient (Wildman–Crippen LogP) is 1.85. The van der Waals surface area contributed by atoms with E-state index in [4.69, 9.17) is 0 Å². The monoisotopic (exact) mass is 215 g/mol. The number of benzene rings is 1. The lowest BCUT2D eigenvalue weighted by Gasteiger charge is -2.34. The Labute approximate surface area is 94.4 Å². The van der Waals surface area contributed by atoms with Gasteiger partial charge in [0.1, 0.15) is 0 Å². The SMILES string of the molecule is CC(C)(c1ccccc1)N1C(=O)C=CC1=O. The molecule has 0 bridgehead atoms. The van der Waals surface area contributed by atoms with Crippen molar-refractivity contribution in [2.45, 2.75) is 19.4 Å².